The molecular formula is C17H19FO2. The van der Waals surface area contributed by atoms with Crippen LogP contribution >= 0.6 is 0 Å². The van der Waals surface area contributed by atoms with E-state index < -0.39 is 11.4 Å². The molecule has 0 aliphatic rings. The van der Waals surface area contributed by atoms with Gasteiger partial charge in [-0.15, -0.1) is 0 Å². The normalized spacial score (nSPS) is 13.9. The van der Waals surface area contributed by atoms with E-state index in [1.807, 2.05) is 32.0 Å². The summed E-state index contributed by atoms with van der Waals surface area (Å²) in [6.45, 7) is 5.48. The molecule has 1 N–H and O–H groups in total. The predicted molar refractivity (Wildman–Crippen MR) is 77.5 cm³/mol. The Kier molecular flexibility index (Phi) is 3.82. The summed E-state index contributed by atoms with van der Waals surface area (Å²) in [4.78, 5) is 0. The third-order valence-electron chi connectivity index (χ3n) is 3.59. The minimum atomic E-state index is -1.45. The van der Waals surface area contributed by atoms with E-state index >= 15 is 0 Å². The quantitative estimate of drug-likeness (QED) is 0.924. The fraction of sp³-hybridized carbons (Fsp3) is 0.294. The van der Waals surface area contributed by atoms with Gasteiger partial charge in [-0.3, -0.25) is 0 Å². The summed E-state index contributed by atoms with van der Waals surface area (Å²) in [6.07, 6.45) is 0. The number of benzene rings is 2. The molecule has 0 fully saturated rings. The molecule has 2 nitrogen and oxygen atoms in total. The number of rotatable bonds is 3. The molecule has 0 heterocycles. The maximum Gasteiger partial charge on any atom is 0.133 e. The van der Waals surface area contributed by atoms with Crippen molar-refractivity contribution in [3.63, 3.8) is 0 Å². The van der Waals surface area contributed by atoms with Crippen molar-refractivity contribution in [3.8, 4) is 5.75 Å². The van der Waals surface area contributed by atoms with Gasteiger partial charge in [-0.25, -0.2) is 4.39 Å². The standard InChI is InChI=1S/C17H19FO2/c1-11-8-9-13(12(2)10-11)17(3,19)16-14(18)6-5-7-15(16)20-4/h5-10,19H,1-4H3. The van der Waals surface area contributed by atoms with E-state index in [1.165, 1.54) is 13.2 Å². The lowest BCUT2D eigenvalue weighted by atomic mass is 9.84. The molecule has 1 atom stereocenters. The van der Waals surface area contributed by atoms with Crippen LogP contribution in [0.2, 0.25) is 0 Å². The highest BCUT2D eigenvalue weighted by Crippen LogP contribution is 2.38. The van der Waals surface area contributed by atoms with E-state index in [0.29, 0.717) is 11.3 Å². The van der Waals surface area contributed by atoms with Crippen LogP contribution in [0.4, 0.5) is 4.39 Å². The number of ether oxygens (including phenoxy) is 1. The molecule has 3 heteroatoms. The molecule has 0 amide bonds. The summed E-state index contributed by atoms with van der Waals surface area (Å²) in [6, 6.07) is 10.2. The van der Waals surface area contributed by atoms with Crippen molar-refractivity contribution >= 4 is 0 Å². The van der Waals surface area contributed by atoms with Crippen LogP contribution < -0.4 is 4.74 Å². The van der Waals surface area contributed by atoms with Gasteiger partial charge in [0.1, 0.15) is 17.2 Å². The Labute approximate surface area is 118 Å². The smallest absolute Gasteiger partial charge is 0.133 e. The number of methoxy groups -OCH3 is 1. The number of aryl methyl sites for hydroxylation is 2. The number of halogens is 1. The number of hydrogen-bond donors (Lipinski definition) is 1. The molecule has 2 aromatic carbocycles. The largest absolute Gasteiger partial charge is 0.496 e. The van der Waals surface area contributed by atoms with Gasteiger partial charge in [0.15, 0.2) is 0 Å². The van der Waals surface area contributed by atoms with Crippen LogP contribution in [0, 0.1) is 19.7 Å². The van der Waals surface area contributed by atoms with E-state index in [2.05, 4.69) is 0 Å². The average Bonchev–Trinajstić information content (AvgIpc) is 2.37. The highest BCUT2D eigenvalue weighted by Gasteiger charge is 2.33. The summed E-state index contributed by atoms with van der Waals surface area (Å²) < 4.78 is 19.4. The summed E-state index contributed by atoms with van der Waals surface area (Å²) in [7, 11) is 1.47. The van der Waals surface area contributed by atoms with E-state index in [9.17, 15) is 9.50 Å². The minimum Gasteiger partial charge on any atom is -0.496 e. The highest BCUT2D eigenvalue weighted by atomic mass is 19.1. The van der Waals surface area contributed by atoms with Gasteiger partial charge in [0, 0.05) is 0 Å². The Morgan fingerprint density at radius 3 is 2.45 bits per heavy atom. The van der Waals surface area contributed by atoms with Gasteiger partial charge < -0.3 is 9.84 Å². The summed E-state index contributed by atoms with van der Waals surface area (Å²) >= 11 is 0. The SMILES string of the molecule is COc1cccc(F)c1C(C)(O)c1ccc(C)cc1C. The Morgan fingerprint density at radius 2 is 1.85 bits per heavy atom. The van der Waals surface area contributed by atoms with Gasteiger partial charge in [-0.05, 0) is 44.0 Å². The van der Waals surface area contributed by atoms with Crippen LogP contribution in [0.3, 0.4) is 0 Å². The second kappa shape index (κ2) is 5.25. The Hall–Kier alpha value is -1.87. The summed E-state index contributed by atoms with van der Waals surface area (Å²) in [5.74, 6) is -0.135. The number of aliphatic hydroxyl groups is 1. The fourth-order valence-corrected chi connectivity index (χ4v) is 2.64. The summed E-state index contributed by atoms with van der Waals surface area (Å²) in [5, 5.41) is 10.9. The van der Waals surface area contributed by atoms with E-state index in [4.69, 9.17) is 4.74 Å². The van der Waals surface area contributed by atoms with Crippen molar-refractivity contribution in [1.82, 2.24) is 0 Å². The first-order chi connectivity index (χ1) is 9.37. The maximum absolute atomic E-state index is 14.2. The zero-order chi connectivity index (χ0) is 14.9. The van der Waals surface area contributed by atoms with Crippen molar-refractivity contribution < 1.29 is 14.2 Å². The zero-order valence-electron chi connectivity index (χ0n) is 12.2. The Morgan fingerprint density at radius 1 is 1.15 bits per heavy atom. The van der Waals surface area contributed by atoms with Crippen LogP contribution in [0.5, 0.6) is 5.75 Å². The van der Waals surface area contributed by atoms with E-state index in [1.54, 1.807) is 19.1 Å². The third-order valence-corrected chi connectivity index (χ3v) is 3.59. The Bertz CT molecular complexity index is 633. The molecule has 0 radical (unpaired) electrons. The molecule has 0 aliphatic heterocycles. The molecule has 0 spiro atoms. The summed E-state index contributed by atoms with van der Waals surface area (Å²) in [5.41, 5.74) is 1.40. The molecule has 2 rings (SSSR count). The van der Waals surface area contributed by atoms with Crippen molar-refractivity contribution in [2.75, 3.05) is 7.11 Å². The van der Waals surface area contributed by atoms with Gasteiger partial charge in [0.25, 0.3) is 0 Å². The van der Waals surface area contributed by atoms with Crippen LogP contribution in [0.25, 0.3) is 0 Å². The second-order valence-corrected chi connectivity index (χ2v) is 5.21. The first-order valence-corrected chi connectivity index (χ1v) is 6.51. The lowest BCUT2D eigenvalue weighted by Crippen LogP contribution is -2.26. The predicted octanol–water partition coefficient (Wildman–Crippen LogP) is 3.71. The van der Waals surface area contributed by atoms with Crippen LogP contribution in [-0.4, -0.2) is 12.2 Å². The molecule has 0 saturated heterocycles. The molecule has 0 saturated carbocycles. The molecule has 0 bridgehead atoms. The lowest BCUT2D eigenvalue weighted by molar-refractivity contribution is 0.0938. The first-order valence-electron chi connectivity index (χ1n) is 6.51. The van der Waals surface area contributed by atoms with Crippen LogP contribution in [0.1, 0.15) is 29.2 Å². The van der Waals surface area contributed by atoms with Crippen molar-refractivity contribution in [3.05, 3.63) is 64.5 Å². The molecule has 20 heavy (non-hydrogen) atoms. The monoisotopic (exact) mass is 274 g/mol. The third kappa shape index (κ3) is 2.41. The molecule has 106 valence electrons. The van der Waals surface area contributed by atoms with E-state index in [0.717, 1.165) is 11.1 Å². The minimum absolute atomic E-state index is 0.162. The van der Waals surface area contributed by atoms with Gasteiger partial charge in [0.2, 0.25) is 0 Å². The van der Waals surface area contributed by atoms with E-state index in [-0.39, 0.29) is 5.56 Å². The van der Waals surface area contributed by atoms with Crippen LogP contribution in [0.15, 0.2) is 36.4 Å². The second-order valence-electron chi connectivity index (χ2n) is 5.21. The highest BCUT2D eigenvalue weighted by molar-refractivity contribution is 5.47. The average molecular weight is 274 g/mol. The lowest BCUT2D eigenvalue weighted by Gasteiger charge is -2.28. The van der Waals surface area contributed by atoms with Gasteiger partial charge >= 0.3 is 0 Å². The maximum atomic E-state index is 14.2. The van der Waals surface area contributed by atoms with Crippen molar-refractivity contribution in [2.24, 2.45) is 0 Å². The number of hydrogen-bond acceptors (Lipinski definition) is 2. The molecule has 0 aromatic heterocycles. The van der Waals surface area contributed by atoms with Crippen molar-refractivity contribution in [1.29, 1.82) is 0 Å². The van der Waals surface area contributed by atoms with Gasteiger partial charge in [-0.2, -0.15) is 0 Å². The van der Waals surface area contributed by atoms with Crippen LogP contribution in [-0.2, 0) is 5.60 Å². The zero-order valence-corrected chi connectivity index (χ0v) is 12.2. The first kappa shape index (κ1) is 14.5. The molecule has 1 unspecified atom stereocenters. The van der Waals surface area contributed by atoms with Gasteiger partial charge in [0.05, 0.1) is 12.7 Å². The molecule has 0 aliphatic carbocycles. The van der Waals surface area contributed by atoms with Gasteiger partial charge in [-0.1, -0.05) is 29.8 Å². The fourth-order valence-electron chi connectivity index (χ4n) is 2.64. The Balaban J connectivity index is 2.66. The van der Waals surface area contributed by atoms with Crippen molar-refractivity contribution in [2.45, 2.75) is 26.4 Å². The molecule has 2 aromatic rings. The topological polar surface area (TPSA) is 29.5 Å². The molecular weight excluding hydrogens is 255 g/mol.